The molecular weight excluding hydrogens is 291 g/mol. The molecule has 0 fully saturated rings. The fraction of sp³-hybridized carbons (Fsp3) is 1.00. The highest BCUT2D eigenvalue weighted by Crippen LogP contribution is 2.35. The lowest BCUT2D eigenvalue weighted by Gasteiger charge is -2.06. The van der Waals surface area contributed by atoms with Gasteiger partial charge in [0.15, 0.2) is 0 Å². The molecule has 0 amide bonds. The lowest BCUT2D eigenvalue weighted by atomic mass is 10.1. The third-order valence-corrected chi connectivity index (χ3v) is 3.85. The van der Waals surface area contributed by atoms with E-state index in [1.807, 2.05) is 0 Å². The Morgan fingerprint density at radius 3 is 1.71 bits per heavy atom. The summed E-state index contributed by atoms with van der Waals surface area (Å²) in [5.74, 6) is 0. The molecule has 0 radical (unpaired) electrons. The maximum Gasteiger partial charge on any atom is 0.469 e. The molecule has 0 aromatic rings. The molecule has 5 nitrogen and oxygen atoms in total. The van der Waals surface area contributed by atoms with Crippen LogP contribution in [0.5, 0.6) is 0 Å². The molecular formula is C15H33O5P. The van der Waals surface area contributed by atoms with Crippen molar-refractivity contribution in [1.82, 2.24) is 0 Å². The topological polar surface area (TPSA) is 76.0 Å². The second-order valence-corrected chi connectivity index (χ2v) is 6.71. The van der Waals surface area contributed by atoms with E-state index in [0.717, 1.165) is 13.0 Å². The fourth-order valence-electron chi connectivity index (χ4n) is 2.14. The van der Waals surface area contributed by atoms with E-state index in [9.17, 15) is 4.57 Å². The minimum absolute atomic E-state index is 0.0440. The van der Waals surface area contributed by atoms with Crippen LogP contribution in [0.2, 0.25) is 0 Å². The molecule has 0 spiro atoms. The van der Waals surface area contributed by atoms with Crippen LogP contribution in [0.4, 0.5) is 0 Å². The quantitative estimate of drug-likeness (QED) is 0.324. The summed E-state index contributed by atoms with van der Waals surface area (Å²) in [6, 6.07) is 0. The molecule has 0 aromatic heterocycles. The predicted octanol–water partition coefficient (Wildman–Crippen LogP) is 4.42. The smallest absolute Gasteiger partial charge is 0.381 e. The van der Waals surface area contributed by atoms with E-state index < -0.39 is 7.82 Å². The number of phosphoric acid groups is 1. The van der Waals surface area contributed by atoms with Crippen molar-refractivity contribution in [2.45, 2.75) is 77.6 Å². The van der Waals surface area contributed by atoms with Gasteiger partial charge in [0, 0.05) is 13.2 Å². The standard InChI is InChI=1S/C15H33O5P/c1-2-3-4-5-6-7-8-9-10-11-13-19-14-12-15-20-21(16,17)18/h2-15H2,1H3,(H2,16,17,18). The number of hydrogen-bond donors (Lipinski definition) is 2. The minimum atomic E-state index is -4.31. The molecule has 0 aliphatic carbocycles. The Morgan fingerprint density at radius 1 is 0.714 bits per heavy atom. The van der Waals surface area contributed by atoms with Crippen molar-refractivity contribution in [3.05, 3.63) is 0 Å². The SMILES string of the molecule is CCCCCCCCCCCCOCCCOP(=O)(O)O. The van der Waals surface area contributed by atoms with E-state index in [1.165, 1.54) is 57.8 Å². The summed E-state index contributed by atoms with van der Waals surface area (Å²) in [5, 5.41) is 0. The summed E-state index contributed by atoms with van der Waals surface area (Å²) in [5.41, 5.74) is 0. The maximum absolute atomic E-state index is 10.4. The normalized spacial score (nSPS) is 12.0. The molecule has 128 valence electrons. The Balaban J connectivity index is 3.01. The van der Waals surface area contributed by atoms with Crippen LogP contribution < -0.4 is 0 Å². The Morgan fingerprint density at radius 2 is 1.19 bits per heavy atom. The zero-order valence-corrected chi connectivity index (χ0v) is 14.4. The van der Waals surface area contributed by atoms with Crippen LogP contribution in [-0.4, -0.2) is 29.6 Å². The predicted molar refractivity (Wildman–Crippen MR) is 85.3 cm³/mol. The van der Waals surface area contributed by atoms with E-state index in [-0.39, 0.29) is 6.61 Å². The number of rotatable bonds is 16. The van der Waals surface area contributed by atoms with Crippen molar-refractivity contribution in [3.8, 4) is 0 Å². The van der Waals surface area contributed by atoms with Crippen LogP contribution in [0.3, 0.4) is 0 Å². The molecule has 0 bridgehead atoms. The number of hydrogen-bond acceptors (Lipinski definition) is 3. The first-order valence-electron chi connectivity index (χ1n) is 8.34. The lowest BCUT2D eigenvalue weighted by Crippen LogP contribution is -2.01. The molecule has 0 aliphatic rings. The zero-order chi connectivity index (χ0) is 15.8. The van der Waals surface area contributed by atoms with Gasteiger partial charge in [0.2, 0.25) is 0 Å². The van der Waals surface area contributed by atoms with Gasteiger partial charge in [-0.15, -0.1) is 0 Å². The molecule has 0 heterocycles. The van der Waals surface area contributed by atoms with Crippen molar-refractivity contribution in [1.29, 1.82) is 0 Å². The van der Waals surface area contributed by atoms with E-state index in [4.69, 9.17) is 14.5 Å². The molecule has 0 aromatic carbocycles. The molecule has 21 heavy (non-hydrogen) atoms. The van der Waals surface area contributed by atoms with Gasteiger partial charge in [0.05, 0.1) is 6.61 Å². The van der Waals surface area contributed by atoms with Gasteiger partial charge in [-0.1, -0.05) is 64.7 Å². The first-order valence-corrected chi connectivity index (χ1v) is 9.87. The van der Waals surface area contributed by atoms with Crippen molar-refractivity contribution < 1.29 is 23.6 Å². The zero-order valence-electron chi connectivity index (χ0n) is 13.5. The second kappa shape index (κ2) is 15.0. The molecule has 0 saturated heterocycles. The van der Waals surface area contributed by atoms with E-state index >= 15 is 0 Å². The first kappa shape index (κ1) is 21.1. The molecule has 2 N–H and O–H groups in total. The van der Waals surface area contributed by atoms with Crippen molar-refractivity contribution in [2.24, 2.45) is 0 Å². The highest BCUT2D eigenvalue weighted by Gasteiger charge is 2.12. The highest BCUT2D eigenvalue weighted by atomic mass is 31.2. The van der Waals surface area contributed by atoms with Crippen molar-refractivity contribution >= 4 is 7.82 Å². The third kappa shape index (κ3) is 20.1. The van der Waals surface area contributed by atoms with Crippen LogP contribution in [0.1, 0.15) is 77.6 Å². The van der Waals surface area contributed by atoms with E-state index in [1.54, 1.807) is 0 Å². The highest BCUT2D eigenvalue weighted by molar-refractivity contribution is 7.46. The lowest BCUT2D eigenvalue weighted by molar-refractivity contribution is 0.108. The summed E-state index contributed by atoms with van der Waals surface area (Å²) < 4.78 is 20.1. The van der Waals surface area contributed by atoms with Crippen LogP contribution in [-0.2, 0) is 13.8 Å². The molecule has 0 unspecified atom stereocenters. The largest absolute Gasteiger partial charge is 0.469 e. The summed E-state index contributed by atoms with van der Waals surface area (Å²) in [6.45, 7) is 3.51. The Bertz CT molecular complexity index is 254. The van der Waals surface area contributed by atoms with Gasteiger partial charge >= 0.3 is 7.82 Å². The van der Waals surface area contributed by atoms with Gasteiger partial charge in [0.25, 0.3) is 0 Å². The Hall–Kier alpha value is 0.0700. The van der Waals surface area contributed by atoms with Crippen molar-refractivity contribution in [2.75, 3.05) is 19.8 Å². The maximum atomic E-state index is 10.4. The van der Waals surface area contributed by atoms with Gasteiger partial charge in [0.1, 0.15) is 0 Å². The number of unbranched alkanes of at least 4 members (excludes halogenated alkanes) is 9. The summed E-state index contributed by atoms with van der Waals surface area (Å²) in [7, 11) is -4.31. The molecule has 0 saturated carbocycles. The minimum Gasteiger partial charge on any atom is -0.381 e. The van der Waals surface area contributed by atoms with Gasteiger partial charge in [-0.25, -0.2) is 4.57 Å². The fourth-order valence-corrected chi connectivity index (χ4v) is 2.51. The third-order valence-electron chi connectivity index (χ3n) is 3.33. The Kier molecular flexibility index (Phi) is 15.0. The second-order valence-electron chi connectivity index (χ2n) is 5.47. The van der Waals surface area contributed by atoms with Crippen molar-refractivity contribution in [3.63, 3.8) is 0 Å². The van der Waals surface area contributed by atoms with E-state index in [2.05, 4.69) is 11.4 Å². The average molecular weight is 324 g/mol. The molecule has 0 rings (SSSR count). The van der Waals surface area contributed by atoms with Gasteiger partial charge in [-0.3, -0.25) is 4.52 Å². The summed E-state index contributed by atoms with van der Waals surface area (Å²) in [6.07, 6.45) is 13.6. The Labute approximate surface area is 129 Å². The van der Waals surface area contributed by atoms with Gasteiger partial charge in [-0.2, -0.15) is 0 Å². The number of ether oxygens (including phenoxy) is 1. The molecule has 0 aliphatic heterocycles. The number of phosphoric ester groups is 1. The molecule has 6 heteroatoms. The monoisotopic (exact) mass is 324 g/mol. The van der Waals surface area contributed by atoms with Crippen LogP contribution in [0.25, 0.3) is 0 Å². The van der Waals surface area contributed by atoms with Crippen LogP contribution in [0, 0.1) is 0 Å². The summed E-state index contributed by atoms with van der Waals surface area (Å²) in [4.78, 5) is 16.9. The summed E-state index contributed by atoms with van der Waals surface area (Å²) >= 11 is 0. The first-order chi connectivity index (χ1) is 10.1. The van der Waals surface area contributed by atoms with Crippen LogP contribution in [0.15, 0.2) is 0 Å². The molecule has 0 atom stereocenters. The van der Waals surface area contributed by atoms with Gasteiger partial charge < -0.3 is 14.5 Å². The van der Waals surface area contributed by atoms with E-state index in [0.29, 0.717) is 13.0 Å². The van der Waals surface area contributed by atoms with Crippen LogP contribution >= 0.6 is 7.82 Å². The average Bonchev–Trinajstić information content (AvgIpc) is 2.42. The van der Waals surface area contributed by atoms with Gasteiger partial charge in [-0.05, 0) is 12.8 Å².